The van der Waals surface area contributed by atoms with E-state index in [4.69, 9.17) is 0 Å². The molecule has 2 aliphatic rings. The molecule has 0 amide bonds. The highest BCUT2D eigenvalue weighted by Gasteiger charge is 2.58. The summed E-state index contributed by atoms with van der Waals surface area (Å²) in [5.74, 6) is 1.06. The first-order chi connectivity index (χ1) is 7.65. The molecule has 0 radical (unpaired) electrons. The molecule has 4 heteroatoms. The lowest BCUT2D eigenvalue weighted by atomic mass is 9.68. The van der Waals surface area contributed by atoms with Gasteiger partial charge >= 0.3 is 0 Å². The Morgan fingerprint density at radius 1 is 1.29 bits per heavy atom. The molecular weight excluding hydrogens is 234 g/mol. The zero-order valence-electron chi connectivity index (χ0n) is 11.4. The third-order valence-corrected chi connectivity index (χ3v) is 6.04. The van der Waals surface area contributed by atoms with E-state index in [9.17, 15) is 8.42 Å². The monoisotopic (exact) mass is 259 g/mol. The molecule has 0 saturated heterocycles. The highest BCUT2D eigenvalue weighted by molar-refractivity contribution is 7.90. The number of nitrogens with one attached hydrogen (secondary N) is 1. The molecule has 0 aromatic rings. The van der Waals surface area contributed by atoms with Crippen molar-refractivity contribution in [3.05, 3.63) is 0 Å². The van der Waals surface area contributed by atoms with Gasteiger partial charge in [-0.25, -0.2) is 8.42 Å². The largest absolute Gasteiger partial charge is 0.312 e. The van der Waals surface area contributed by atoms with E-state index in [0.29, 0.717) is 23.4 Å². The number of sulfone groups is 1. The Morgan fingerprint density at radius 2 is 1.94 bits per heavy atom. The number of hydrogen-bond donors (Lipinski definition) is 1. The van der Waals surface area contributed by atoms with Crippen LogP contribution in [0, 0.1) is 16.7 Å². The number of rotatable bonds is 4. The average Bonchev–Trinajstić information content (AvgIpc) is 2.60. The fourth-order valence-corrected chi connectivity index (χ4v) is 4.69. The molecule has 3 atom stereocenters. The molecule has 100 valence electrons. The lowest BCUT2D eigenvalue weighted by Gasteiger charge is -2.43. The second kappa shape index (κ2) is 3.95. The van der Waals surface area contributed by atoms with Gasteiger partial charge in [-0.15, -0.1) is 0 Å². The smallest absolute Gasteiger partial charge is 0.148 e. The van der Waals surface area contributed by atoms with E-state index in [-0.39, 0.29) is 5.75 Å². The van der Waals surface area contributed by atoms with Crippen LogP contribution in [0.1, 0.15) is 40.0 Å². The van der Waals surface area contributed by atoms with Gasteiger partial charge < -0.3 is 5.32 Å². The van der Waals surface area contributed by atoms with Crippen LogP contribution in [-0.2, 0) is 9.84 Å². The van der Waals surface area contributed by atoms with Crippen LogP contribution in [0.15, 0.2) is 0 Å². The zero-order valence-corrected chi connectivity index (χ0v) is 12.2. The zero-order chi connectivity index (χ0) is 12.9. The van der Waals surface area contributed by atoms with E-state index in [1.54, 1.807) is 0 Å². The number of fused-ring (bicyclic) bond motifs is 2. The first-order valence-electron chi connectivity index (χ1n) is 6.56. The fraction of sp³-hybridized carbons (Fsp3) is 1.00. The molecule has 2 saturated carbocycles. The summed E-state index contributed by atoms with van der Waals surface area (Å²) in [7, 11) is -2.85. The first kappa shape index (κ1) is 13.3. The third-order valence-electron chi connectivity index (χ3n) is 5.09. The molecule has 0 aromatic carbocycles. The SMILES string of the molecule is CC1(C)C(NCCS(C)(=O)=O)[C@]2(C)CC[C@H]1C2. The Morgan fingerprint density at radius 3 is 2.41 bits per heavy atom. The molecule has 0 heterocycles. The predicted octanol–water partition coefficient (Wildman–Crippen LogP) is 1.84. The van der Waals surface area contributed by atoms with E-state index < -0.39 is 9.84 Å². The molecule has 0 aliphatic heterocycles. The highest BCUT2D eigenvalue weighted by Crippen LogP contribution is 2.62. The Kier molecular flexibility index (Phi) is 3.10. The van der Waals surface area contributed by atoms with Crippen LogP contribution in [-0.4, -0.2) is 33.0 Å². The van der Waals surface area contributed by atoms with E-state index in [1.807, 2.05) is 0 Å². The third kappa shape index (κ3) is 2.39. The molecule has 2 bridgehead atoms. The molecule has 0 aromatic heterocycles. The van der Waals surface area contributed by atoms with Gasteiger partial charge in [-0.05, 0) is 36.0 Å². The molecule has 2 fully saturated rings. The first-order valence-corrected chi connectivity index (χ1v) is 8.62. The molecule has 0 spiro atoms. The summed E-state index contributed by atoms with van der Waals surface area (Å²) in [6.45, 7) is 7.62. The van der Waals surface area contributed by atoms with E-state index >= 15 is 0 Å². The maximum atomic E-state index is 11.2. The van der Waals surface area contributed by atoms with Gasteiger partial charge in [0.05, 0.1) is 5.75 Å². The highest BCUT2D eigenvalue weighted by atomic mass is 32.2. The van der Waals surface area contributed by atoms with Crippen molar-refractivity contribution in [1.82, 2.24) is 5.32 Å². The lowest BCUT2D eigenvalue weighted by Crippen LogP contribution is -2.51. The average molecular weight is 259 g/mol. The van der Waals surface area contributed by atoms with Gasteiger partial charge in [0, 0.05) is 18.8 Å². The van der Waals surface area contributed by atoms with Crippen molar-refractivity contribution in [3.63, 3.8) is 0 Å². The maximum Gasteiger partial charge on any atom is 0.148 e. The molecule has 2 rings (SSSR count). The second-order valence-corrected chi connectivity index (χ2v) is 9.19. The summed E-state index contributed by atoms with van der Waals surface area (Å²) in [5.41, 5.74) is 0.691. The van der Waals surface area contributed by atoms with Crippen molar-refractivity contribution in [3.8, 4) is 0 Å². The summed E-state index contributed by atoms with van der Waals surface area (Å²) >= 11 is 0. The fourth-order valence-electron chi connectivity index (χ4n) is 4.20. The standard InChI is InChI=1S/C13H25NO2S/c1-12(2)10-5-6-13(3,9-10)11(12)14-7-8-17(4,15)16/h10-11,14H,5-9H2,1-4H3/t10-,11?,13+/m0/s1. The van der Waals surface area contributed by atoms with Gasteiger partial charge in [-0.2, -0.15) is 0 Å². The van der Waals surface area contributed by atoms with Crippen LogP contribution < -0.4 is 5.32 Å². The van der Waals surface area contributed by atoms with E-state index in [2.05, 4.69) is 26.1 Å². The van der Waals surface area contributed by atoms with E-state index in [1.165, 1.54) is 25.5 Å². The van der Waals surface area contributed by atoms with E-state index in [0.717, 1.165) is 5.92 Å². The van der Waals surface area contributed by atoms with Crippen molar-refractivity contribution < 1.29 is 8.42 Å². The summed E-state index contributed by atoms with van der Waals surface area (Å²) in [6.07, 6.45) is 5.24. The summed E-state index contributed by atoms with van der Waals surface area (Å²) in [5, 5.41) is 3.52. The van der Waals surface area contributed by atoms with Crippen LogP contribution in [0.3, 0.4) is 0 Å². The minimum atomic E-state index is -2.85. The minimum Gasteiger partial charge on any atom is -0.312 e. The topological polar surface area (TPSA) is 46.2 Å². The van der Waals surface area contributed by atoms with Crippen molar-refractivity contribution in [1.29, 1.82) is 0 Å². The Labute approximate surface area is 105 Å². The van der Waals surface area contributed by atoms with Gasteiger partial charge in [0.15, 0.2) is 0 Å². The Bertz CT molecular complexity index is 397. The van der Waals surface area contributed by atoms with Gasteiger partial charge in [0.25, 0.3) is 0 Å². The van der Waals surface area contributed by atoms with Crippen LogP contribution in [0.4, 0.5) is 0 Å². The molecule has 17 heavy (non-hydrogen) atoms. The quantitative estimate of drug-likeness (QED) is 0.838. The van der Waals surface area contributed by atoms with Gasteiger partial charge in [0.1, 0.15) is 9.84 Å². The lowest BCUT2D eigenvalue weighted by molar-refractivity contribution is 0.111. The summed E-state index contributed by atoms with van der Waals surface area (Å²) in [6, 6.07) is 0.468. The summed E-state index contributed by atoms with van der Waals surface area (Å²) in [4.78, 5) is 0. The van der Waals surface area contributed by atoms with Crippen molar-refractivity contribution in [2.45, 2.75) is 46.1 Å². The van der Waals surface area contributed by atoms with Crippen molar-refractivity contribution in [2.75, 3.05) is 18.6 Å². The normalized spacial score (nSPS) is 39.8. The van der Waals surface area contributed by atoms with Gasteiger partial charge in [-0.1, -0.05) is 20.8 Å². The molecule has 1 unspecified atom stereocenters. The molecule has 3 nitrogen and oxygen atoms in total. The van der Waals surface area contributed by atoms with Crippen LogP contribution in [0.5, 0.6) is 0 Å². The predicted molar refractivity (Wildman–Crippen MR) is 70.7 cm³/mol. The maximum absolute atomic E-state index is 11.2. The Balaban J connectivity index is 2.01. The summed E-state index contributed by atoms with van der Waals surface area (Å²) < 4.78 is 22.3. The van der Waals surface area contributed by atoms with Crippen molar-refractivity contribution >= 4 is 9.84 Å². The van der Waals surface area contributed by atoms with Crippen LogP contribution in [0.25, 0.3) is 0 Å². The second-order valence-electron chi connectivity index (χ2n) is 6.93. The minimum absolute atomic E-state index is 0.250. The van der Waals surface area contributed by atoms with Crippen LogP contribution in [0.2, 0.25) is 0 Å². The molecular formula is C13H25NO2S. The Hall–Kier alpha value is -0.0900. The number of hydrogen-bond acceptors (Lipinski definition) is 3. The van der Waals surface area contributed by atoms with Gasteiger partial charge in [0.2, 0.25) is 0 Å². The van der Waals surface area contributed by atoms with Crippen molar-refractivity contribution in [2.24, 2.45) is 16.7 Å². The van der Waals surface area contributed by atoms with Crippen LogP contribution >= 0.6 is 0 Å². The molecule has 1 N–H and O–H groups in total. The molecule has 2 aliphatic carbocycles. The van der Waals surface area contributed by atoms with Gasteiger partial charge in [-0.3, -0.25) is 0 Å².